The second-order valence-electron chi connectivity index (χ2n) is 13.7. The SMILES string of the molecule is CCC(COC(=O)CCS)(COC(=O)CCS)COC(=O)CCSCC(C)(C)OCC(C)C(C)(C)C(C)(C)OCCC(C)(N)O. The summed E-state index contributed by atoms with van der Waals surface area (Å²) in [6.07, 6.45) is 1.32. The molecular formula is C32H61NO9S3. The zero-order valence-electron chi connectivity index (χ0n) is 29.1. The molecule has 13 heteroatoms. The second-order valence-corrected chi connectivity index (χ2v) is 15.7. The van der Waals surface area contributed by atoms with Gasteiger partial charge >= 0.3 is 17.9 Å². The monoisotopic (exact) mass is 699 g/mol. The quantitative estimate of drug-likeness (QED) is 0.0333. The fourth-order valence-electron chi connectivity index (χ4n) is 3.90. The molecule has 2 atom stereocenters. The number of hydrogen-bond acceptors (Lipinski definition) is 13. The lowest BCUT2D eigenvalue weighted by Gasteiger charge is -2.46. The first-order chi connectivity index (χ1) is 20.7. The van der Waals surface area contributed by atoms with Crippen LogP contribution in [0.5, 0.6) is 0 Å². The molecule has 0 aliphatic carbocycles. The summed E-state index contributed by atoms with van der Waals surface area (Å²) in [7, 11) is 0. The Bertz CT molecular complexity index is 870. The van der Waals surface area contributed by atoms with Crippen molar-refractivity contribution in [3.63, 3.8) is 0 Å². The Morgan fingerprint density at radius 1 is 0.822 bits per heavy atom. The number of carbonyl (C=O) groups is 3. The zero-order chi connectivity index (χ0) is 35.0. The van der Waals surface area contributed by atoms with Gasteiger partial charge in [-0.25, -0.2) is 0 Å². The second kappa shape index (κ2) is 20.6. The molecule has 0 saturated carbocycles. The highest BCUT2D eigenvalue weighted by Crippen LogP contribution is 2.41. The van der Waals surface area contributed by atoms with E-state index >= 15 is 0 Å². The van der Waals surface area contributed by atoms with E-state index in [0.29, 0.717) is 49.1 Å². The Morgan fingerprint density at radius 2 is 1.29 bits per heavy atom. The standard InChI is InChI=1S/C32H61NO9S3/c1-10-32(20-38-25(34)11-16-43,21-39-26(35)12-17-44)22-40-27(36)13-18-45-23-28(3,4)42-19-24(2)29(5,6)30(7,8)41-15-14-31(9,33)37/h24,37,43-44H,10-23,33H2,1-9H3. The van der Waals surface area contributed by atoms with Crippen LogP contribution in [0.3, 0.4) is 0 Å². The van der Waals surface area contributed by atoms with Crippen molar-refractivity contribution in [3.8, 4) is 0 Å². The first kappa shape index (κ1) is 44.3. The van der Waals surface area contributed by atoms with Gasteiger partial charge in [0.1, 0.15) is 25.5 Å². The minimum Gasteiger partial charge on any atom is -0.465 e. The van der Waals surface area contributed by atoms with Crippen LogP contribution in [0.25, 0.3) is 0 Å². The molecule has 266 valence electrons. The first-order valence-electron chi connectivity index (χ1n) is 15.7. The van der Waals surface area contributed by atoms with Crippen molar-refractivity contribution in [2.75, 3.05) is 56.0 Å². The van der Waals surface area contributed by atoms with Gasteiger partial charge in [0.05, 0.1) is 49.1 Å². The third-order valence-corrected chi connectivity index (χ3v) is 10.3. The molecule has 0 aliphatic rings. The molecule has 0 aromatic heterocycles. The van der Waals surface area contributed by atoms with E-state index in [1.54, 1.807) is 18.7 Å². The van der Waals surface area contributed by atoms with Gasteiger partial charge in [0.2, 0.25) is 0 Å². The number of hydrogen-bond donors (Lipinski definition) is 4. The van der Waals surface area contributed by atoms with E-state index in [4.69, 9.17) is 29.4 Å². The molecule has 0 aromatic rings. The van der Waals surface area contributed by atoms with Crippen LogP contribution in [-0.2, 0) is 38.1 Å². The summed E-state index contributed by atoms with van der Waals surface area (Å²) in [5, 5.41) is 9.81. The Morgan fingerprint density at radius 3 is 1.71 bits per heavy atom. The number of esters is 3. The summed E-state index contributed by atoms with van der Waals surface area (Å²) in [6, 6.07) is 0. The minimum atomic E-state index is -1.27. The van der Waals surface area contributed by atoms with E-state index in [1.807, 2.05) is 34.6 Å². The molecule has 0 aliphatic heterocycles. The predicted octanol–water partition coefficient (Wildman–Crippen LogP) is 5.09. The zero-order valence-corrected chi connectivity index (χ0v) is 31.7. The number of ether oxygens (including phenoxy) is 5. The summed E-state index contributed by atoms with van der Waals surface area (Å²) in [5.41, 5.74) is 2.45. The summed E-state index contributed by atoms with van der Waals surface area (Å²) < 4.78 is 28.8. The van der Waals surface area contributed by atoms with Crippen LogP contribution in [-0.4, -0.2) is 96.0 Å². The van der Waals surface area contributed by atoms with Crippen molar-refractivity contribution in [2.24, 2.45) is 22.5 Å². The van der Waals surface area contributed by atoms with Crippen LogP contribution in [0.1, 0.15) is 94.4 Å². The maximum atomic E-state index is 12.6. The van der Waals surface area contributed by atoms with Crippen LogP contribution in [0, 0.1) is 16.7 Å². The number of nitrogens with two attached hydrogens (primary N) is 1. The molecular weight excluding hydrogens is 639 g/mol. The van der Waals surface area contributed by atoms with Gasteiger partial charge in [0.15, 0.2) is 0 Å². The smallest absolute Gasteiger partial charge is 0.306 e. The molecule has 0 aromatic carbocycles. The molecule has 0 spiro atoms. The molecule has 0 bridgehead atoms. The molecule has 2 unspecified atom stereocenters. The lowest BCUT2D eigenvalue weighted by molar-refractivity contribution is -0.161. The molecule has 0 rings (SSSR count). The van der Waals surface area contributed by atoms with Gasteiger partial charge in [0, 0.05) is 29.4 Å². The molecule has 0 fully saturated rings. The lowest BCUT2D eigenvalue weighted by Crippen LogP contribution is -2.49. The van der Waals surface area contributed by atoms with E-state index in [-0.39, 0.29) is 56.4 Å². The topological polar surface area (TPSA) is 144 Å². The maximum Gasteiger partial charge on any atom is 0.306 e. The lowest BCUT2D eigenvalue weighted by atomic mass is 9.68. The maximum absolute atomic E-state index is 12.6. The van der Waals surface area contributed by atoms with Crippen molar-refractivity contribution in [1.29, 1.82) is 0 Å². The third-order valence-electron chi connectivity index (χ3n) is 8.48. The van der Waals surface area contributed by atoms with Crippen molar-refractivity contribution >= 4 is 54.9 Å². The van der Waals surface area contributed by atoms with E-state index in [1.165, 1.54) is 0 Å². The Hall–Kier alpha value is -0.700. The van der Waals surface area contributed by atoms with Gasteiger partial charge in [0.25, 0.3) is 0 Å². The summed E-state index contributed by atoms with van der Waals surface area (Å²) in [4.78, 5) is 36.5. The van der Waals surface area contributed by atoms with Crippen molar-refractivity contribution in [1.82, 2.24) is 0 Å². The average molecular weight is 700 g/mol. The fraction of sp³-hybridized carbons (Fsp3) is 0.906. The van der Waals surface area contributed by atoms with Gasteiger partial charge in [-0.3, -0.25) is 14.4 Å². The van der Waals surface area contributed by atoms with Crippen LogP contribution in [0.2, 0.25) is 0 Å². The van der Waals surface area contributed by atoms with Crippen LogP contribution in [0.15, 0.2) is 0 Å². The Kier molecular flexibility index (Phi) is 20.3. The molecule has 0 saturated heterocycles. The van der Waals surface area contributed by atoms with Crippen molar-refractivity contribution < 1.29 is 43.2 Å². The highest BCUT2D eigenvalue weighted by atomic mass is 32.2. The number of thioether (sulfide) groups is 1. The largest absolute Gasteiger partial charge is 0.465 e. The highest BCUT2D eigenvalue weighted by Gasteiger charge is 2.43. The van der Waals surface area contributed by atoms with Gasteiger partial charge in [-0.1, -0.05) is 27.7 Å². The van der Waals surface area contributed by atoms with Gasteiger partial charge in [-0.05, 0) is 52.4 Å². The number of rotatable bonds is 25. The summed E-state index contributed by atoms with van der Waals surface area (Å²) in [5.74, 6) is 0.902. The molecule has 0 radical (unpaired) electrons. The van der Waals surface area contributed by atoms with Crippen LogP contribution in [0.4, 0.5) is 0 Å². The van der Waals surface area contributed by atoms with Crippen molar-refractivity contribution in [3.05, 3.63) is 0 Å². The summed E-state index contributed by atoms with van der Waals surface area (Å²) >= 11 is 9.71. The molecule has 3 N–H and O–H groups in total. The van der Waals surface area contributed by atoms with Crippen LogP contribution >= 0.6 is 37.0 Å². The van der Waals surface area contributed by atoms with Gasteiger partial charge in [-0.2, -0.15) is 37.0 Å². The molecule has 0 amide bonds. The van der Waals surface area contributed by atoms with E-state index in [0.717, 1.165) is 0 Å². The van der Waals surface area contributed by atoms with E-state index in [2.05, 4.69) is 46.0 Å². The average Bonchev–Trinajstić information content (AvgIpc) is 2.93. The predicted molar refractivity (Wildman–Crippen MR) is 187 cm³/mol. The van der Waals surface area contributed by atoms with Gasteiger partial charge < -0.3 is 34.5 Å². The number of thiol groups is 2. The summed E-state index contributed by atoms with van der Waals surface area (Å²) in [6.45, 7) is 18.8. The first-order valence-corrected chi connectivity index (χ1v) is 18.1. The van der Waals surface area contributed by atoms with Crippen LogP contribution < -0.4 is 5.73 Å². The minimum absolute atomic E-state index is 0.0356. The molecule has 0 heterocycles. The Labute approximate surface area is 287 Å². The van der Waals surface area contributed by atoms with Crippen molar-refractivity contribution in [2.45, 2.75) is 111 Å². The Balaban J connectivity index is 4.86. The fourth-order valence-corrected chi connectivity index (χ4v) is 5.29. The number of aliphatic hydroxyl groups is 1. The molecule has 45 heavy (non-hydrogen) atoms. The number of carbonyl (C=O) groups excluding carboxylic acids is 3. The normalized spacial score (nSPS) is 14.9. The highest BCUT2D eigenvalue weighted by molar-refractivity contribution is 7.99. The van der Waals surface area contributed by atoms with E-state index < -0.39 is 34.3 Å². The third kappa shape index (κ3) is 18.4. The van der Waals surface area contributed by atoms with E-state index in [9.17, 15) is 19.5 Å². The van der Waals surface area contributed by atoms with Gasteiger partial charge in [-0.15, -0.1) is 0 Å². The molecule has 10 nitrogen and oxygen atoms in total.